The summed E-state index contributed by atoms with van der Waals surface area (Å²) in [6.45, 7) is 19.5. The van der Waals surface area contributed by atoms with Crippen molar-refractivity contribution < 1.29 is 0 Å². The molecule has 4 rings (SSSR count). The molecular weight excluding hydrogens is 446 g/mol. The maximum absolute atomic E-state index is 3.46. The summed E-state index contributed by atoms with van der Waals surface area (Å²) in [5.74, 6) is 0. The summed E-state index contributed by atoms with van der Waals surface area (Å²) in [4.78, 5) is 2.28. The average molecular weight is 494 g/mol. The summed E-state index contributed by atoms with van der Waals surface area (Å²) in [6, 6.07) is 38.4. The molecule has 0 atom stereocenters. The molecule has 0 aliphatic heterocycles. The van der Waals surface area contributed by atoms with E-state index in [0.717, 1.165) is 17.1 Å². The molecule has 196 valence electrons. The molecule has 0 N–H and O–H groups in total. The number of anilines is 3. The Labute approximate surface area is 227 Å². The third kappa shape index (κ3) is 11.6. The largest absolute Gasteiger partial charge is 0.311 e. The molecule has 0 aliphatic rings. The van der Waals surface area contributed by atoms with Crippen LogP contribution in [0.15, 0.2) is 134 Å². The summed E-state index contributed by atoms with van der Waals surface area (Å²) in [6.07, 6.45) is 5.58. The normalized spacial score (nSPS) is 9.08. The van der Waals surface area contributed by atoms with Crippen molar-refractivity contribution in [1.29, 1.82) is 0 Å². The fourth-order valence-corrected chi connectivity index (χ4v) is 3.29. The van der Waals surface area contributed by atoms with Gasteiger partial charge in [-0.05, 0) is 61.4 Å². The summed E-state index contributed by atoms with van der Waals surface area (Å²) in [7, 11) is 0. The number of rotatable bonds is 5. The highest BCUT2D eigenvalue weighted by Gasteiger charge is 2.11. The first-order valence-corrected chi connectivity index (χ1v) is 13.5. The standard InChI is InChI=1S/C25H21N.C5H8.3C2H6/c1-20-12-14-21(15-13-20)22-16-18-25(19-17-22)26(23-8-4-2-5-9-23)24-10-6-3-7-11-24;1-3-5-4-2;3*1-2/h2-19H,1H3;3-5H,1H2,2H3;3*1-2H3/b;5-4+;;;. The lowest BCUT2D eigenvalue weighted by Crippen LogP contribution is -2.09. The van der Waals surface area contributed by atoms with E-state index in [1.807, 2.05) is 72.8 Å². The summed E-state index contributed by atoms with van der Waals surface area (Å²) in [5, 5.41) is 0. The van der Waals surface area contributed by atoms with Gasteiger partial charge in [0.15, 0.2) is 0 Å². The summed E-state index contributed by atoms with van der Waals surface area (Å²) >= 11 is 0. The SMILES string of the molecule is C=C/C=C/C.CC.CC.CC.Cc1ccc(-c2ccc(N(c3ccccc3)c3ccccc3)cc2)cc1. The third-order valence-electron chi connectivity index (χ3n) is 4.87. The fraction of sp³-hybridized carbons (Fsp3) is 0.222. The Kier molecular flexibility index (Phi) is 19.2. The second-order valence-corrected chi connectivity index (χ2v) is 7.18. The molecular formula is C36H47N. The van der Waals surface area contributed by atoms with E-state index in [4.69, 9.17) is 0 Å². The Hall–Kier alpha value is -3.84. The van der Waals surface area contributed by atoms with Gasteiger partial charge >= 0.3 is 0 Å². The minimum absolute atomic E-state index is 1.15. The predicted molar refractivity (Wildman–Crippen MR) is 170 cm³/mol. The van der Waals surface area contributed by atoms with Gasteiger partial charge in [-0.15, -0.1) is 0 Å². The molecule has 0 aliphatic carbocycles. The highest BCUT2D eigenvalue weighted by atomic mass is 15.1. The van der Waals surface area contributed by atoms with Crippen molar-refractivity contribution in [2.24, 2.45) is 0 Å². The van der Waals surface area contributed by atoms with Gasteiger partial charge in [0.05, 0.1) is 0 Å². The van der Waals surface area contributed by atoms with Crippen LogP contribution in [0.1, 0.15) is 54.0 Å². The van der Waals surface area contributed by atoms with Crippen LogP contribution in [0.2, 0.25) is 0 Å². The van der Waals surface area contributed by atoms with Gasteiger partial charge in [0.25, 0.3) is 0 Å². The molecule has 0 spiro atoms. The molecule has 0 heterocycles. The first kappa shape index (κ1) is 33.2. The van der Waals surface area contributed by atoms with Crippen LogP contribution in [0.3, 0.4) is 0 Å². The lowest BCUT2D eigenvalue weighted by Gasteiger charge is -2.25. The minimum atomic E-state index is 1.15. The number of aryl methyl sites for hydroxylation is 1. The van der Waals surface area contributed by atoms with Gasteiger partial charge in [0, 0.05) is 17.1 Å². The van der Waals surface area contributed by atoms with Crippen molar-refractivity contribution in [2.45, 2.75) is 55.4 Å². The maximum atomic E-state index is 3.46. The van der Waals surface area contributed by atoms with Crippen LogP contribution in [-0.2, 0) is 0 Å². The molecule has 0 aromatic heterocycles. The van der Waals surface area contributed by atoms with Crippen molar-refractivity contribution >= 4 is 17.1 Å². The summed E-state index contributed by atoms with van der Waals surface area (Å²) in [5.41, 5.74) is 7.22. The molecule has 4 aromatic carbocycles. The highest BCUT2D eigenvalue weighted by molar-refractivity contribution is 5.78. The number of para-hydroxylation sites is 2. The van der Waals surface area contributed by atoms with Gasteiger partial charge in [-0.3, -0.25) is 0 Å². The molecule has 0 radical (unpaired) electrons. The third-order valence-corrected chi connectivity index (χ3v) is 4.87. The van der Waals surface area contributed by atoms with Gasteiger partial charge in [0.1, 0.15) is 0 Å². The van der Waals surface area contributed by atoms with E-state index in [0.29, 0.717) is 0 Å². The smallest absolute Gasteiger partial charge is 0.0462 e. The molecule has 37 heavy (non-hydrogen) atoms. The minimum Gasteiger partial charge on any atom is -0.311 e. The average Bonchev–Trinajstić information content (AvgIpc) is 2.99. The van der Waals surface area contributed by atoms with Crippen LogP contribution in [0.4, 0.5) is 17.1 Å². The molecule has 1 nitrogen and oxygen atoms in total. The predicted octanol–water partition coefficient (Wildman–Crippen LogP) is 12.0. The van der Waals surface area contributed by atoms with Crippen LogP contribution in [0.25, 0.3) is 11.1 Å². The zero-order chi connectivity index (χ0) is 27.9. The van der Waals surface area contributed by atoms with Crippen molar-refractivity contribution in [2.75, 3.05) is 4.90 Å². The van der Waals surface area contributed by atoms with E-state index >= 15 is 0 Å². The Morgan fingerprint density at radius 3 is 1.19 bits per heavy atom. The van der Waals surface area contributed by atoms with Crippen LogP contribution >= 0.6 is 0 Å². The Morgan fingerprint density at radius 1 is 0.514 bits per heavy atom. The van der Waals surface area contributed by atoms with E-state index in [2.05, 4.69) is 115 Å². The number of benzene rings is 4. The van der Waals surface area contributed by atoms with E-state index in [1.165, 1.54) is 16.7 Å². The van der Waals surface area contributed by atoms with Crippen molar-refractivity contribution in [1.82, 2.24) is 0 Å². The zero-order valence-electron chi connectivity index (χ0n) is 24.3. The monoisotopic (exact) mass is 493 g/mol. The Bertz CT molecular complexity index is 1040. The van der Waals surface area contributed by atoms with Crippen LogP contribution in [0.5, 0.6) is 0 Å². The highest BCUT2D eigenvalue weighted by Crippen LogP contribution is 2.35. The molecule has 0 saturated carbocycles. The number of hydrogen-bond donors (Lipinski definition) is 0. The van der Waals surface area contributed by atoms with Gasteiger partial charge in [0.2, 0.25) is 0 Å². The molecule has 0 saturated heterocycles. The molecule has 1 heteroatoms. The zero-order valence-corrected chi connectivity index (χ0v) is 24.3. The molecule has 0 amide bonds. The van der Waals surface area contributed by atoms with E-state index in [-0.39, 0.29) is 0 Å². The first-order chi connectivity index (χ1) is 18.2. The van der Waals surface area contributed by atoms with Crippen LogP contribution < -0.4 is 4.90 Å². The van der Waals surface area contributed by atoms with Crippen LogP contribution in [0, 0.1) is 6.92 Å². The molecule has 0 unspecified atom stereocenters. The maximum Gasteiger partial charge on any atom is 0.0462 e. The molecule has 0 fully saturated rings. The fourth-order valence-electron chi connectivity index (χ4n) is 3.29. The van der Waals surface area contributed by atoms with Crippen molar-refractivity contribution in [3.05, 3.63) is 140 Å². The lowest BCUT2D eigenvalue weighted by atomic mass is 10.0. The molecule has 4 aromatic rings. The second kappa shape index (κ2) is 21.4. The number of hydrogen-bond acceptors (Lipinski definition) is 1. The number of allylic oxidation sites excluding steroid dienone is 3. The Balaban J connectivity index is 0.00000102. The Morgan fingerprint density at radius 2 is 0.865 bits per heavy atom. The van der Waals surface area contributed by atoms with Gasteiger partial charge in [-0.1, -0.05) is 145 Å². The van der Waals surface area contributed by atoms with Gasteiger partial charge in [-0.25, -0.2) is 0 Å². The lowest BCUT2D eigenvalue weighted by molar-refractivity contribution is 1.28. The quantitative estimate of drug-likeness (QED) is 0.250. The van der Waals surface area contributed by atoms with E-state index in [9.17, 15) is 0 Å². The van der Waals surface area contributed by atoms with E-state index in [1.54, 1.807) is 6.08 Å². The van der Waals surface area contributed by atoms with Gasteiger partial charge in [-0.2, -0.15) is 0 Å². The van der Waals surface area contributed by atoms with Crippen LogP contribution in [-0.4, -0.2) is 0 Å². The first-order valence-electron chi connectivity index (χ1n) is 13.5. The van der Waals surface area contributed by atoms with E-state index < -0.39 is 0 Å². The number of nitrogens with zero attached hydrogens (tertiary/aromatic N) is 1. The van der Waals surface area contributed by atoms with Crippen molar-refractivity contribution in [3.63, 3.8) is 0 Å². The van der Waals surface area contributed by atoms with Crippen molar-refractivity contribution in [3.8, 4) is 11.1 Å². The molecule has 0 bridgehead atoms. The summed E-state index contributed by atoms with van der Waals surface area (Å²) < 4.78 is 0. The topological polar surface area (TPSA) is 3.24 Å². The van der Waals surface area contributed by atoms with Gasteiger partial charge < -0.3 is 4.90 Å². The second-order valence-electron chi connectivity index (χ2n) is 7.18.